The summed E-state index contributed by atoms with van der Waals surface area (Å²) in [5, 5.41) is 0. The van der Waals surface area contributed by atoms with E-state index >= 15 is 0 Å². The van der Waals surface area contributed by atoms with Gasteiger partial charge in [0.2, 0.25) is 15.9 Å². The van der Waals surface area contributed by atoms with Crippen LogP contribution in [-0.2, 0) is 27.9 Å². The number of nitrogens with zero attached hydrogens (tertiary/aromatic N) is 3. The van der Waals surface area contributed by atoms with Gasteiger partial charge >= 0.3 is 0 Å². The van der Waals surface area contributed by atoms with Crippen molar-refractivity contribution in [3.05, 3.63) is 64.6 Å². The van der Waals surface area contributed by atoms with Crippen LogP contribution in [0.1, 0.15) is 32.8 Å². The molecule has 0 aliphatic heterocycles. The van der Waals surface area contributed by atoms with Crippen molar-refractivity contribution in [1.82, 2.24) is 13.8 Å². The normalized spacial score (nSPS) is 11.6. The summed E-state index contributed by atoms with van der Waals surface area (Å²) in [5.74, 6) is -0.227. The largest absolute Gasteiger partial charge is 0.337 e. The van der Waals surface area contributed by atoms with Crippen molar-refractivity contribution >= 4 is 15.9 Å². The fraction of sp³-hybridized carbons (Fsp3) is 0.429. The second kappa shape index (κ2) is 10.4. The van der Waals surface area contributed by atoms with E-state index in [2.05, 4.69) is 0 Å². The first-order chi connectivity index (χ1) is 13.8. The molecule has 1 heterocycles. The van der Waals surface area contributed by atoms with E-state index in [1.807, 2.05) is 37.3 Å². The lowest BCUT2D eigenvalue weighted by atomic mass is 10.2. The molecule has 0 saturated carbocycles. The Morgan fingerprint density at radius 1 is 1.00 bits per heavy atom. The minimum Gasteiger partial charge on any atom is -0.337 e. The lowest BCUT2D eigenvalue weighted by Crippen LogP contribution is -2.37. The number of hydrogen-bond donors (Lipinski definition) is 0. The summed E-state index contributed by atoms with van der Waals surface area (Å²) in [5.41, 5.74) is 0.590. The van der Waals surface area contributed by atoms with Crippen LogP contribution < -0.4 is 5.56 Å². The van der Waals surface area contributed by atoms with E-state index in [9.17, 15) is 18.0 Å². The van der Waals surface area contributed by atoms with Crippen LogP contribution in [0.3, 0.4) is 0 Å². The number of hydrogen-bond acceptors (Lipinski definition) is 4. The first kappa shape index (κ1) is 22.8. The molecule has 0 N–H and O–H groups in total. The van der Waals surface area contributed by atoms with Crippen molar-refractivity contribution in [2.24, 2.45) is 0 Å². The van der Waals surface area contributed by atoms with E-state index in [1.54, 1.807) is 18.7 Å². The lowest BCUT2D eigenvalue weighted by molar-refractivity contribution is -0.132. The van der Waals surface area contributed by atoms with Gasteiger partial charge in [-0.3, -0.25) is 9.59 Å². The van der Waals surface area contributed by atoms with Crippen molar-refractivity contribution in [3.8, 4) is 0 Å². The van der Waals surface area contributed by atoms with Gasteiger partial charge < -0.3 is 9.47 Å². The Labute approximate surface area is 172 Å². The number of carbonyl (C=O) groups excluding carboxylic acids is 1. The zero-order valence-corrected chi connectivity index (χ0v) is 18.1. The van der Waals surface area contributed by atoms with Crippen molar-refractivity contribution in [2.45, 2.75) is 45.2 Å². The average Bonchev–Trinajstić information content (AvgIpc) is 2.70. The van der Waals surface area contributed by atoms with Gasteiger partial charge in [0.15, 0.2) is 0 Å². The Kier molecular flexibility index (Phi) is 8.16. The molecule has 1 amide bonds. The molecule has 7 nitrogen and oxygen atoms in total. The number of aromatic nitrogens is 1. The van der Waals surface area contributed by atoms with Gasteiger partial charge in [0, 0.05) is 38.4 Å². The minimum atomic E-state index is -3.71. The Balaban J connectivity index is 2.27. The van der Waals surface area contributed by atoms with E-state index in [1.165, 1.54) is 27.2 Å². The molecule has 0 aliphatic carbocycles. The highest BCUT2D eigenvalue weighted by atomic mass is 32.2. The quantitative estimate of drug-likeness (QED) is 0.592. The highest BCUT2D eigenvalue weighted by Crippen LogP contribution is 2.14. The Morgan fingerprint density at radius 2 is 1.66 bits per heavy atom. The Morgan fingerprint density at radius 3 is 2.24 bits per heavy atom. The van der Waals surface area contributed by atoms with Crippen molar-refractivity contribution in [1.29, 1.82) is 0 Å². The first-order valence-electron chi connectivity index (χ1n) is 9.85. The van der Waals surface area contributed by atoms with E-state index in [0.717, 1.165) is 12.0 Å². The van der Waals surface area contributed by atoms with Crippen LogP contribution in [0.2, 0.25) is 0 Å². The summed E-state index contributed by atoms with van der Waals surface area (Å²) in [6.45, 7) is 6.96. The van der Waals surface area contributed by atoms with E-state index < -0.39 is 15.6 Å². The molecule has 8 heteroatoms. The fourth-order valence-electron chi connectivity index (χ4n) is 3.11. The van der Waals surface area contributed by atoms with Gasteiger partial charge in [-0.05, 0) is 18.1 Å². The molecule has 2 aromatic rings. The molecule has 158 valence electrons. The molecule has 0 bridgehead atoms. The van der Waals surface area contributed by atoms with Crippen LogP contribution >= 0.6 is 0 Å². The topological polar surface area (TPSA) is 79.7 Å². The molecular weight excluding hydrogens is 390 g/mol. The summed E-state index contributed by atoms with van der Waals surface area (Å²) in [6.07, 6.45) is 2.05. The van der Waals surface area contributed by atoms with Gasteiger partial charge in [0.25, 0.3) is 5.56 Å². The molecule has 0 spiro atoms. The molecule has 0 unspecified atom stereocenters. The SMILES string of the molecule is CCCN(Cc1ccccc1)C(=O)Cn1cc(S(=O)(=O)N(CC)CC)ccc1=O. The number of rotatable bonds is 10. The molecule has 0 fully saturated rings. The van der Waals surface area contributed by atoms with Gasteiger partial charge in [0.05, 0.1) is 4.90 Å². The van der Waals surface area contributed by atoms with Crippen LogP contribution in [0, 0.1) is 0 Å². The number of benzene rings is 1. The number of pyridine rings is 1. The van der Waals surface area contributed by atoms with Crippen molar-refractivity contribution in [3.63, 3.8) is 0 Å². The first-order valence-corrected chi connectivity index (χ1v) is 11.3. The maximum absolute atomic E-state index is 12.9. The zero-order chi connectivity index (χ0) is 21.4. The zero-order valence-electron chi connectivity index (χ0n) is 17.2. The summed E-state index contributed by atoms with van der Waals surface area (Å²) >= 11 is 0. The van der Waals surface area contributed by atoms with Crippen LogP contribution in [0.25, 0.3) is 0 Å². The summed E-state index contributed by atoms with van der Waals surface area (Å²) in [7, 11) is -3.71. The molecule has 0 atom stereocenters. The second-order valence-corrected chi connectivity index (χ2v) is 8.66. The van der Waals surface area contributed by atoms with Gasteiger partial charge in [0.1, 0.15) is 6.54 Å². The van der Waals surface area contributed by atoms with E-state index in [-0.39, 0.29) is 17.3 Å². The smallest absolute Gasteiger partial charge is 0.251 e. The molecule has 1 aromatic carbocycles. The third-order valence-electron chi connectivity index (χ3n) is 4.67. The van der Waals surface area contributed by atoms with Crippen LogP contribution in [0.15, 0.2) is 58.4 Å². The highest BCUT2D eigenvalue weighted by molar-refractivity contribution is 7.89. The standard InChI is InChI=1S/C21H29N3O4S/c1-4-14-22(15-18-10-8-7-9-11-18)21(26)17-23-16-19(12-13-20(23)25)29(27,28)24(5-2)6-3/h7-13,16H,4-6,14-15,17H2,1-3H3. The molecule has 1 aromatic heterocycles. The highest BCUT2D eigenvalue weighted by Gasteiger charge is 2.23. The van der Waals surface area contributed by atoms with Gasteiger partial charge in [-0.25, -0.2) is 8.42 Å². The minimum absolute atomic E-state index is 0.0127. The molecule has 0 radical (unpaired) electrons. The summed E-state index contributed by atoms with van der Waals surface area (Å²) < 4.78 is 28.0. The fourth-order valence-corrected chi connectivity index (χ4v) is 4.59. The van der Waals surface area contributed by atoms with E-state index in [0.29, 0.717) is 26.2 Å². The third kappa shape index (κ3) is 5.77. The Hall–Kier alpha value is -2.45. The summed E-state index contributed by atoms with van der Waals surface area (Å²) in [4.78, 5) is 26.8. The summed E-state index contributed by atoms with van der Waals surface area (Å²) in [6, 6.07) is 12.1. The van der Waals surface area contributed by atoms with Crippen LogP contribution in [-0.4, -0.2) is 47.7 Å². The monoisotopic (exact) mass is 419 g/mol. The molecule has 0 saturated heterocycles. The maximum Gasteiger partial charge on any atom is 0.251 e. The molecular formula is C21H29N3O4S. The number of carbonyl (C=O) groups is 1. The molecule has 2 rings (SSSR count). The van der Waals surface area contributed by atoms with Crippen molar-refractivity contribution < 1.29 is 13.2 Å². The second-order valence-electron chi connectivity index (χ2n) is 6.72. The maximum atomic E-state index is 12.9. The van der Waals surface area contributed by atoms with Gasteiger partial charge in [-0.15, -0.1) is 0 Å². The Bertz CT molecular complexity index is 967. The average molecular weight is 420 g/mol. The van der Waals surface area contributed by atoms with Crippen LogP contribution in [0.4, 0.5) is 0 Å². The van der Waals surface area contributed by atoms with Crippen LogP contribution in [0.5, 0.6) is 0 Å². The predicted octanol–water partition coefficient (Wildman–Crippen LogP) is 2.32. The van der Waals surface area contributed by atoms with Crippen molar-refractivity contribution in [2.75, 3.05) is 19.6 Å². The van der Waals surface area contributed by atoms with Gasteiger partial charge in [-0.2, -0.15) is 4.31 Å². The molecule has 29 heavy (non-hydrogen) atoms. The van der Waals surface area contributed by atoms with Gasteiger partial charge in [-0.1, -0.05) is 51.1 Å². The third-order valence-corrected chi connectivity index (χ3v) is 6.70. The predicted molar refractivity (Wildman–Crippen MR) is 113 cm³/mol. The molecule has 0 aliphatic rings. The van der Waals surface area contributed by atoms with E-state index in [4.69, 9.17) is 0 Å². The number of sulfonamides is 1. The lowest BCUT2D eigenvalue weighted by Gasteiger charge is -2.23. The number of amides is 1.